The zero-order chi connectivity index (χ0) is 13.8. The first kappa shape index (κ1) is 13.5. The molecule has 0 aliphatic heterocycles. The first-order chi connectivity index (χ1) is 9.08. The molecule has 2 aromatic rings. The zero-order valence-corrected chi connectivity index (χ0v) is 11.0. The normalized spacial score (nSPS) is 11.9. The molecule has 0 fully saturated rings. The number of amides is 1. The average Bonchev–Trinajstić information content (AvgIpc) is 2.39. The van der Waals surface area contributed by atoms with Gasteiger partial charge >= 0.3 is 0 Å². The molecule has 2 rings (SSSR count). The van der Waals surface area contributed by atoms with E-state index < -0.39 is 0 Å². The minimum Gasteiger partial charge on any atom is -0.345 e. The molecule has 0 aliphatic carbocycles. The number of benzene rings is 1. The summed E-state index contributed by atoms with van der Waals surface area (Å²) in [7, 11) is 0. The fourth-order valence-corrected chi connectivity index (χ4v) is 1.89. The van der Waals surface area contributed by atoms with Gasteiger partial charge in [-0.2, -0.15) is 0 Å². The highest BCUT2D eigenvalue weighted by Gasteiger charge is 2.14. The average molecular weight is 279 g/mol. The van der Waals surface area contributed by atoms with E-state index in [0.29, 0.717) is 11.1 Å². The number of pyridine rings is 1. The minimum atomic E-state index is -0.338. The third kappa shape index (κ3) is 3.29. The van der Waals surface area contributed by atoms with Crippen LogP contribution in [0.4, 0.5) is 4.39 Å². The number of carbonyl (C=O) groups excluding carboxylic acids is 1. The van der Waals surface area contributed by atoms with Crippen molar-refractivity contribution in [2.75, 3.05) is 0 Å². The van der Waals surface area contributed by atoms with E-state index in [2.05, 4.69) is 10.3 Å². The lowest BCUT2D eigenvalue weighted by Crippen LogP contribution is -2.27. The maximum Gasteiger partial charge on any atom is 0.254 e. The molecule has 0 bridgehead atoms. The molecule has 1 N–H and O–H groups in total. The van der Waals surface area contributed by atoms with Gasteiger partial charge in [0.15, 0.2) is 0 Å². The van der Waals surface area contributed by atoms with Crippen molar-refractivity contribution in [3.8, 4) is 0 Å². The van der Waals surface area contributed by atoms with Gasteiger partial charge in [-0.05, 0) is 36.8 Å². The van der Waals surface area contributed by atoms with E-state index in [1.165, 1.54) is 18.3 Å². The molecule has 3 nitrogen and oxygen atoms in total. The van der Waals surface area contributed by atoms with Gasteiger partial charge in [0.1, 0.15) is 11.0 Å². The Balaban J connectivity index is 2.13. The van der Waals surface area contributed by atoms with Crippen molar-refractivity contribution in [3.63, 3.8) is 0 Å². The van der Waals surface area contributed by atoms with Crippen LogP contribution >= 0.6 is 11.6 Å². The van der Waals surface area contributed by atoms with Crippen molar-refractivity contribution < 1.29 is 9.18 Å². The summed E-state index contributed by atoms with van der Waals surface area (Å²) in [5.41, 5.74) is 0.987. The van der Waals surface area contributed by atoms with Gasteiger partial charge in [-0.15, -0.1) is 0 Å². The van der Waals surface area contributed by atoms with Gasteiger partial charge in [0, 0.05) is 6.20 Å². The van der Waals surface area contributed by atoms with Crippen LogP contribution in [0.15, 0.2) is 42.6 Å². The van der Waals surface area contributed by atoms with E-state index >= 15 is 0 Å². The van der Waals surface area contributed by atoms with Gasteiger partial charge in [-0.25, -0.2) is 9.37 Å². The molecule has 0 radical (unpaired) electrons. The van der Waals surface area contributed by atoms with Crippen molar-refractivity contribution >= 4 is 17.5 Å². The van der Waals surface area contributed by atoms with Gasteiger partial charge in [-0.3, -0.25) is 4.79 Å². The highest BCUT2D eigenvalue weighted by Crippen LogP contribution is 2.16. The lowest BCUT2D eigenvalue weighted by molar-refractivity contribution is 0.0939. The van der Waals surface area contributed by atoms with E-state index in [0.717, 1.165) is 0 Å². The van der Waals surface area contributed by atoms with Crippen molar-refractivity contribution in [3.05, 3.63) is 64.7 Å². The fraction of sp³-hybridized carbons (Fsp3) is 0.143. The Morgan fingerprint density at radius 1 is 1.37 bits per heavy atom. The van der Waals surface area contributed by atoms with Crippen molar-refractivity contribution in [2.45, 2.75) is 13.0 Å². The van der Waals surface area contributed by atoms with Gasteiger partial charge in [-0.1, -0.05) is 23.7 Å². The van der Waals surface area contributed by atoms with Crippen LogP contribution in [0.1, 0.15) is 28.9 Å². The third-order valence-corrected chi connectivity index (χ3v) is 3.00. The standard InChI is InChI=1S/C14H12ClFN2O/c1-9(10-4-2-5-11(16)8-10)18-14(19)12-6-3-7-17-13(12)15/h2-9H,1H3,(H,18,19). The Bertz CT molecular complexity index is 604. The van der Waals surface area contributed by atoms with Crippen molar-refractivity contribution in [1.82, 2.24) is 10.3 Å². The van der Waals surface area contributed by atoms with Crippen LogP contribution in [0.25, 0.3) is 0 Å². The fourth-order valence-electron chi connectivity index (χ4n) is 1.69. The number of hydrogen-bond acceptors (Lipinski definition) is 2. The summed E-state index contributed by atoms with van der Waals surface area (Å²) in [6.07, 6.45) is 1.51. The number of hydrogen-bond donors (Lipinski definition) is 1. The van der Waals surface area contributed by atoms with Crippen molar-refractivity contribution in [2.24, 2.45) is 0 Å². The predicted molar refractivity (Wildman–Crippen MR) is 71.5 cm³/mol. The molecule has 98 valence electrons. The number of nitrogens with zero attached hydrogens (tertiary/aromatic N) is 1. The molecule has 19 heavy (non-hydrogen) atoms. The molecule has 1 amide bonds. The second-order valence-electron chi connectivity index (χ2n) is 4.09. The molecule has 1 aromatic heterocycles. The smallest absolute Gasteiger partial charge is 0.254 e. The molecule has 5 heteroatoms. The van der Waals surface area contributed by atoms with Crippen molar-refractivity contribution in [1.29, 1.82) is 0 Å². The Labute approximate surface area is 115 Å². The van der Waals surface area contributed by atoms with E-state index in [4.69, 9.17) is 11.6 Å². The first-order valence-electron chi connectivity index (χ1n) is 5.75. The van der Waals surface area contributed by atoms with E-state index in [1.54, 1.807) is 31.2 Å². The zero-order valence-electron chi connectivity index (χ0n) is 10.2. The quantitative estimate of drug-likeness (QED) is 0.875. The highest BCUT2D eigenvalue weighted by atomic mass is 35.5. The molecule has 1 atom stereocenters. The number of carbonyl (C=O) groups is 1. The largest absolute Gasteiger partial charge is 0.345 e. The molecule has 0 aliphatic rings. The van der Waals surface area contributed by atoms with Crippen LogP contribution < -0.4 is 5.32 Å². The molecule has 1 aromatic carbocycles. The third-order valence-electron chi connectivity index (χ3n) is 2.70. The van der Waals surface area contributed by atoms with Crippen LogP contribution in [-0.4, -0.2) is 10.9 Å². The van der Waals surface area contributed by atoms with Crippen LogP contribution in [0.5, 0.6) is 0 Å². The van der Waals surface area contributed by atoms with E-state index in [1.807, 2.05) is 0 Å². The second-order valence-corrected chi connectivity index (χ2v) is 4.45. The van der Waals surface area contributed by atoms with Gasteiger partial charge in [0.25, 0.3) is 5.91 Å². The van der Waals surface area contributed by atoms with Gasteiger partial charge in [0.2, 0.25) is 0 Å². The summed E-state index contributed by atoms with van der Waals surface area (Å²) in [5.74, 6) is -0.673. The lowest BCUT2D eigenvalue weighted by Gasteiger charge is -2.14. The maximum absolute atomic E-state index is 13.1. The molecule has 1 unspecified atom stereocenters. The molecule has 0 saturated heterocycles. The van der Waals surface area contributed by atoms with Gasteiger partial charge < -0.3 is 5.32 Å². The second kappa shape index (κ2) is 5.80. The molecule has 0 spiro atoms. The molecular formula is C14H12ClFN2O. The maximum atomic E-state index is 13.1. The van der Waals surface area contributed by atoms with Gasteiger partial charge in [0.05, 0.1) is 11.6 Å². The number of nitrogens with one attached hydrogen (secondary N) is 1. The van der Waals surface area contributed by atoms with E-state index in [-0.39, 0.29) is 22.9 Å². The Kier molecular flexibility index (Phi) is 4.12. The lowest BCUT2D eigenvalue weighted by atomic mass is 10.1. The minimum absolute atomic E-state index is 0.145. The summed E-state index contributed by atoms with van der Waals surface area (Å²) in [5, 5.41) is 2.90. The summed E-state index contributed by atoms with van der Waals surface area (Å²) in [4.78, 5) is 15.8. The predicted octanol–water partition coefficient (Wildman–Crippen LogP) is 3.37. The Hall–Kier alpha value is -1.94. The summed E-state index contributed by atoms with van der Waals surface area (Å²) in [6.45, 7) is 1.77. The Morgan fingerprint density at radius 3 is 2.84 bits per heavy atom. The first-order valence-corrected chi connectivity index (χ1v) is 6.12. The number of halogens is 2. The summed E-state index contributed by atoms with van der Waals surface area (Å²) >= 11 is 5.84. The number of rotatable bonds is 3. The molecule has 0 saturated carbocycles. The molecule has 1 heterocycles. The van der Waals surface area contributed by atoms with Crippen LogP contribution in [0.2, 0.25) is 5.15 Å². The summed E-state index contributed by atoms with van der Waals surface area (Å²) < 4.78 is 13.1. The van der Waals surface area contributed by atoms with Crippen LogP contribution in [0.3, 0.4) is 0 Å². The number of aromatic nitrogens is 1. The SMILES string of the molecule is CC(NC(=O)c1cccnc1Cl)c1cccc(F)c1. The topological polar surface area (TPSA) is 42.0 Å². The van der Waals surface area contributed by atoms with Crippen LogP contribution in [-0.2, 0) is 0 Å². The van der Waals surface area contributed by atoms with E-state index in [9.17, 15) is 9.18 Å². The van der Waals surface area contributed by atoms with Crippen LogP contribution in [0, 0.1) is 5.82 Å². The highest BCUT2D eigenvalue weighted by molar-refractivity contribution is 6.32. The summed E-state index contributed by atoms with van der Waals surface area (Å²) in [6, 6.07) is 8.99. The Morgan fingerprint density at radius 2 is 2.16 bits per heavy atom. The molecular weight excluding hydrogens is 267 g/mol. The monoisotopic (exact) mass is 278 g/mol.